The van der Waals surface area contributed by atoms with Crippen molar-refractivity contribution in [1.29, 1.82) is 0 Å². The average molecular weight is 323 g/mol. The standard InChI is InChI=1S/C16H23BrN2/c1-19(10-12-2-3-12)11-14-5-4-13(8-16(14)17)9-18-15-6-7-15/h4-5,8,12,15,18H,2-3,6-7,9-11H2,1H3. The lowest BCUT2D eigenvalue weighted by atomic mass is 10.1. The van der Waals surface area contributed by atoms with Crippen LogP contribution in [0.2, 0.25) is 0 Å². The summed E-state index contributed by atoms with van der Waals surface area (Å²) in [4.78, 5) is 2.44. The summed E-state index contributed by atoms with van der Waals surface area (Å²) in [6.45, 7) is 3.30. The molecule has 0 unspecified atom stereocenters. The van der Waals surface area contributed by atoms with Crippen molar-refractivity contribution in [3.8, 4) is 0 Å². The zero-order valence-corrected chi connectivity index (χ0v) is 13.2. The SMILES string of the molecule is CN(Cc1ccc(CNC2CC2)cc1Br)CC1CC1. The van der Waals surface area contributed by atoms with Crippen LogP contribution in [0.25, 0.3) is 0 Å². The molecule has 2 saturated carbocycles. The molecule has 3 heteroatoms. The van der Waals surface area contributed by atoms with Gasteiger partial charge in [-0.15, -0.1) is 0 Å². The van der Waals surface area contributed by atoms with Gasteiger partial charge in [0.2, 0.25) is 0 Å². The number of rotatable bonds is 7. The Balaban J connectivity index is 1.54. The molecule has 2 nitrogen and oxygen atoms in total. The van der Waals surface area contributed by atoms with Crippen molar-refractivity contribution in [2.75, 3.05) is 13.6 Å². The van der Waals surface area contributed by atoms with Crippen LogP contribution in [0.5, 0.6) is 0 Å². The molecule has 1 N–H and O–H groups in total. The molecule has 0 aliphatic heterocycles. The summed E-state index contributed by atoms with van der Waals surface area (Å²) in [5.41, 5.74) is 2.78. The third-order valence-electron chi connectivity index (χ3n) is 4.00. The van der Waals surface area contributed by atoms with E-state index in [1.807, 2.05) is 0 Å². The van der Waals surface area contributed by atoms with Crippen molar-refractivity contribution in [2.24, 2.45) is 5.92 Å². The number of benzene rings is 1. The van der Waals surface area contributed by atoms with Crippen molar-refractivity contribution in [2.45, 2.75) is 44.8 Å². The molecule has 3 rings (SSSR count). The second-order valence-electron chi connectivity index (χ2n) is 6.22. The highest BCUT2D eigenvalue weighted by Crippen LogP contribution is 2.30. The van der Waals surface area contributed by atoms with Gasteiger partial charge >= 0.3 is 0 Å². The second-order valence-corrected chi connectivity index (χ2v) is 7.08. The van der Waals surface area contributed by atoms with E-state index in [0.717, 1.165) is 25.0 Å². The fourth-order valence-corrected chi connectivity index (χ4v) is 3.03. The molecular weight excluding hydrogens is 300 g/mol. The van der Waals surface area contributed by atoms with Crippen molar-refractivity contribution in [1.82, 2.24) is 10.2 Å². The monoisotopic (exact) mass is 322 g/mol. The normalized spacial score (nSPS) is 19.1. The highest BCUT2D eigenvalue weighted by molar-refractivity contribution is 9.10. The molecule has 2 aliphatic rings. The lowest BCUT2D eigenvalue weighted by Crippen LogP contribution is -2.20. The van der Waals surface area contributed by atoms with Crippen LogP contribution in [-0.4, -0.2) is 24.5 Å². The Morgan fingerprint density at radius 2 is 2.05 bits per heavy atom. The average Bonchev–Trinajstić information content (AvgIpc) is 3.23. The molecule has 0 radical (unpaired) electrons. The minimum absolute atomic E-state index is 0.781. The second kappa shape index (κ2) is 5.94. The van der Waals surface area contributed by atoms with Crippen LogP contribution in [0.4, 0.5) is 0 Å². The third kappa shape index (κ3) is 4.30. The zero-order valence-electron chi connectivity index (χ0n) is 11.7. The molecule has 1 aromatic carbocycles. The first-order valence-electron chi connectivity index (χ1n) is 7.40. The zero-order chi connectivity index (χ0) is 13.2. The largest absolute Gasteiger partial charge is 0.310 e. The summed E-state index contributed by atoms with van der Waals surface area (Å²) in [7, 11) is 2.23. The molecule has 0 aromatic heterocycles. The van der Waals surface area contributed by atoms with Gasteiger partial charge in [-0.25, -0.2) is 0 Å². The molecule has 2 fully saturated rings. The Morgan fingerprint density at radius 3 is 2.68 bits per heavy atom. The number of nitrogens with zero attached hydrogens (tertiary/aromatic N) is 1. The van der Waals surface area contributed by atoms with Crippen LogP contribution in [-0.2, 0) is 13.1 Å². The predicted molar refractivity (Wildman–Crippen MR) is 83.1 cm³/mol. The summed E-state index contributed by atoms with van der Waals surface area (Å²) in [6.07, 6.45) is 5.56. The summed E-state index contributed by atoms with van der Waals surface area (Å²) in [6, 6.07) is 7.59. The van der Waals surface area contributed by atoms with Crippen molar-refractivity contribution >= 4 is 15.9 Å². The Labute approximate surface area is 124 Å². The first-order chi connectivity index (χ1) is 9.20. The van der Waals surface area contributed by atoms with Crippen LogP contribution in [0, 0.1) is 5.92 Å². The quantitative estimate of drug-likeness (QED) is 0.826. The maximum atomic E-state index is 3.73. The summed E-state index contributed by atoms with van der Waals surface area (Å²) >= 11 is 3.73. The van der Waals surface area contributed by atoms with Gasteiger partial charge < -0.3 is 10.2 Å². The molecule has 0 amide bonds. The predicted octanol–water partition coefficient (Wildman–Crippen LogP) is 3.54. The highest BCUT2D eigenvalue weighted by atomic mass is 79.9. The number of hydrogen-bond donors (Lipinski definition) is 1. The molecular formula is C16H23BrN2. The summed E-state index contributed by atoms with van der Waals surface area (Å²) in [5, 5.41) is 3.56. The van der Waals surface area contributed by atoms with Crippen LogP contribution in [0.1, 0.15) is 36.8 Å². The van der Waals surface area contributed by atoms with Gasteiger partial charge in [0.25, 0.3) is 0 Å². The molecule has 0 spiro atoms. The third-order valence-corrected chi connectivity index (χ3v) is 4.73. The Hall–Kier alpha value is -0.380. The van der Waals surface area contributed by atoms with Gasteiger partial charge in [0, 0.05) is 30.1 Å². The molecule has 0 heterocycles. The molecule has 0 saturated heterocycles. The number of hydrogen-bond acceptors (Lipinski definition) is 2. The maximum absolute atomic E-state index is 3.73. The van der Waals surface area contributed by atoms with E-state index in [-0.39, 0.29) is 0 Å². The Kier molecular flexibility index (Phi) is 4.25. The van der Waals surface area contributed by atoms with E-state index in [1.54, 1.807) is 0 Å². The fraction of sp³-hybridized carbons (Fsp3) is 0.625. The van der Waals surface area contributed by atoms with Gasteiger partial charge in [0.05, 0.1) is 0 Å². The Morgan fingerprint density at radius 1 is 1.26 bits per heavy atom. The lowest BCUT2D eigenvalue weighted by Gasteiger charge is -2.17. The van der Waals surface area contributed by atoms with E-state index in [2.05, 4.69) is 51.4 Å². The molecule has 104 valence electrons. The van der Waals surface area contributed by atoms with E-state index in [1.165, 1.54) is 47.8 Å². The van der Waals surface area contributed by atoms with E-state index in [0.29, 0.717) is 0 Å². The minimum Gasteiger partial charge on any atom is -0.310 e. The van der Waals surface area contributed by atoms with Gasteiger partial charge in [0.15, 0.2) is 0 Å². The molecule has 2 aliphatic carbocycles. The Bertz CT molecular complexity index is 438. The topological polar surface area (TPSA) is 15.3 Å². The van der Waals surface area contributed by atoms with E-state index in [9.17, 15) is 0 Å². The molecule has 1 aromatic rings. The summed E-state index contributed by atoms with van der Waals surface area (Å²) in [5.74, 6) is 0.964. The first kappa shape index (κ1) is 13.6. The fourth-order valence-electron chi connectivity index (χ4n) is 2.48. The van der Waals surface area contributed by atoms with E-state index >= 15 is 0 Å². The number of nitrogens with one attached hydrogen (secondary N) is 1. The van der Waals surface area contributed by atoms with Gasteiger partial charge in [-0.05, 0) is 55.8 Å². The first-order valence-corrected chi connectivity index (χ1v) is 8.19. The van der Waals surface area contributed by atoms with E-state index in [4.69, 9.17) is 0 Å². The van der Waals surface area contributed by atoms with Gasteiger partial charge in [0.1, 0.15) is 0 Å². The van der Waals surface area contributed by atoms with E-state index < -0.39 is 0 Å². The van der Waals surface area contributed by atoms with Crippen LogP contribution in [0.15, 0.2) is 22.7 Å². The number of halogens is 1. The van der Waals surface area contributed by atoms with Crippen LogP contribution < -0.4 is 5.32 Å². The summed E-state index contributed by atoms with van der Waals surface area (Å²) < 4.78 is 1.25. The molecule has 0 bridgehead atoms. The molecule has 0 atom stereocenters. The van der Waals surface area contributed by atoms with Crippen molar-refractivity contribution in [3.05, 3.63) is 33.8 Å². The van der Waals surface area contributed by atoms with Gasteiger partial charge in [-0.3, -0.25) is 0 Å². The smallest absolute Gasteiger partial charge is 0.0242 e. The van der Waals surface area contributed by atoms with Crippen molar-refractivity contribution in [3.63, 3.8) is 0 Å². The minimum atomic E-state index is 0.781. The van der Waals surface area contributed by atoms with Crippen LogP contribution in [0.3, 0.4) is 0 Å². The van der Waals surface area contributed by atoms with Gasteiger partial charge in [-0.1, -0.05) is 28.1 Å². The maximum Gasteiger partial charge on any atom is 0.0242 e. The van der Waals surface area contributed by atoms with Crippen LogP contribution >= 0.6 is 15.9 Å². The highest BCUT2D eigenvalue weighted by Gasteiger charge is 2.23. The molecule has 19 heavy (non-hydrogen) atoms. The lowest BCUT2D eigenvalue weighted by molar-refractivity contribution is 0.312. The van der Waals surface area contributed by atoms with Crippen molar-refractivity contribution < 1.29 is 0 Å². The van der Waals surface area contributed by atoms with Gasteiger partial charge in [-0.2, -0.15) is 0 Å².